The Balaban J connectivity index is 1.68. The zero-order chi connectivity index (χ0) is 17.1. The first-order chi connectivity index (χ1) is 12.3. The van der Waals surface area contributed by atoms with Crippen LogP contribution in [0.4, 0.5) is 0 Å². The van der Waals surface area contributed by atoms with Crippen LogP contribution < -0.4 is 5.32 Å². The molecule has 0 saturated carbocycles. The molecule has 0 aliphatic heterocycles. The molecule has 5 nitrogen and oxygen atoms in total. The summed E-state index contributed by atoms with van der Waals surface area (Å²) in [6.07, 6.45) is 5.10. The third-order valence-corrected chi connectivity index (χ3v) is 3.92. The molecule has 1 aromatic carbocycles. The minimum Gasteiger partial charge on any atom is -0.467 e. The van der Waals surface area contributed by atoms with Gasteiger partial charge in [0.1, 0.15) is 11.5 Å². The van der Waals surface area contributed by atoms with Crippen LogP contribution in [0, 0.1) is 0 Å². The lowest BCUT2D eigenvalue weighted by Crippen LogP contribution is -2.23. The van der Waals surface area contributed by atoms with Crippen LogP contribution in [0.1, 0.15) is 16.2 Å². The van der Waals surface area contributed by atoms with Crippen molar-refractivity contribution in [2.75, 3.05) is 0 Å². The number of carbonyl (C=O) groups is 1. The van der Waals surface area contributed by atoms with Crippen LogP contribution >= 0.6 is 0 Å². The van der Waals surface area contributed by atoms with Crippen LogP contribution in [0.15, 0.2) is 77.7 Å². The van der Waals surface area contributed by atoms with Gasteiger partial charge in [0.05, 0.1) is 18.3 Å². The van der Waals surface area contributed by atoms with Gasteiger partial charge < -0.3 is 9.73 Å². The van der Waals surface area contributed by atoms with Gasteiger partial charge in [-0.1, -0.05) is 30.3 Å². The maximum Gasteiger partial charge on any atom is 0.270 e. The maximum atomic E-state index is 12.4. The number of hydrogen-bond acceptors (Lipinski definition) is 4. The van der Waals surface area contributed by atoms with Crippen LogP contribution in [-0.2, 0) is 6.54 Å². The number of rotatable bonds is 4. The first-order valence-corrected chi connectivity index (χ1v) is 7.92. The molecule has 0 aliphatic carbocycles. The molecule has 0 unspecified atom stereocenters. The molecule has 1 amide bonds. The highest BCUT2D eigenvalue weighted by atomic mass is 16.3. The molecular formula is C20H15N3O2. The van der Waals surface area contributed by atoms with Crippen molar-refractivity contribution in [1.82, 2.24) is 15.3 Å². The van der Waals surface area contributed by atoms with Gasteiger partial charge in [-0.25, -0.2) is 4.98 Å². The summed E-state index contributed by atoms with van der Waals surface area (Å²) in [5, 5.41) is 3.71. The molecule has 3 aromatic heterocycles. The number of carbonyl (C=O) groups excluding carboxylic acids is 1. The van der Waals surface area contributed by atoms with Gasteiger partial charge in [-0.2, -0.15) is 0 Å². The van der Waals surface area contributed by atoms with E-state index in [9.17, 15) is 4.79 Å². The van der Waals surface area contributed by atoms with E-state index >= 15 is 0 Å². The molecule has 5 heteroatoms. The van der Waals surface area contributed by atoms with Crippen LogP contribution in [-0.4, -0.2) is 15.9 Å². The molecule has 4 aromatic rings. The summed E-state index contributed by atoms with van der Waals surface area (Å²) in [5.41, 5.74) is 3.04. The van der Waals surface area contributed by atoms with Gasteiger partial charge in [0.25, 0.3) is 5.91 Å². The van der Waals surface area contributed by atoms with Crippen molar-refractivity contribution in [2.45, 2.75) is 6.54 Å². The minimum atomic E-state index is -0.242. The highest BCUT2D eigenvalue weighted by Gasteiger charge is 2.12. The van der Waals surface area contributed by atoms with Gasteiger partial charge in [-0.05, 0) is 29.8 Å². The molecule has 3 heterocycles. The minimum absolute atomic E-state index is 0.242. The number of aromatic nitrogens is 2. The fourth-order valence-corrected chi connectivity index (χ4v) is 2.67. The zero-order valence-electron chi connectivity index (χ0n) is 13.3. The summed E-state index contributed by atoms with van der Waals surface area (Å²) >= 11 is 0. The third-order valence-electron chi connectivity index (χ3n) is 3.92. The molecule has 0 spiro atoms. The number of benzene rings is 1. The molecule has 0 radical (unpaired) electrons. The number of pyridine rings is 2. The van der Waals surface area contributed by atoms with Crippen molar-refractivity contribution >= 4 is 16.8 Å². The number of fused-ring (bicyclic) bond motifs is 1. The number of nitrogens with zero attached hydrogens (tertiary/aromatic N) is 2. The molecule has 25 heavy (non-hydrogen) atoms. The smallest absolute Gasteiger partial charge is 0.270 e. The van der Waals surface area contributed by atoms with E-state index in [1.54, 1.807) is 30.8 Å². The number of furan rings is 1. The third kappa shape index (κ3) is 3.12. The molecular weight excluding hydrogens is 314 g/mol. The van der Waals surface area contributed by atoms with Gasteiger partial charge in [0.2, 0.25) is 0 Å². The highest BCUT2D eigenvalue weighted by molar-refractivity contribution is 5.98. The Hall–Kier alpha value is -3.47. The van der Waals surface area contributed by atoms with Crippen LogP contribution in [0.2, 0.25) is 0 Å². The van der Waals surface area contributed by atoms with Crippen LogP contribution in [0.3, 0.4) is 0 Å². The molecule has 0 fully saturated rings. The monoisotopic (exact) mass is 329 g/mol. The van der Waals surface area contributed by atoms with Crippen molar-refractivity contribution in [2.24, 2.45) is 0 Å². The SMILES string of the molecule is O=C(NCc1ccco1)c1ccc2cncc(-c3ccccc3)c2n1. The molecule has 0 bridgehead atoms. The van der Waals surface area contributed by atoms with E-state index in [0.29, 0.717) is 18.0 Å². The van der Waals surface area contributed by atoms with Gasteiger partial charge >= 0.3 is 0 Å². The molecule has 0 aliphatic rings. The first-order valence-electron chi connectivity index (χ1n) is 7.92. The summed E-state index contributed by atoms with van der Waals surface area (Å²) in [5.74, 6) is 0.456. The molecule has 4 rings (SSSR count). The average molecular weight is 329 g/mol. The summed E-state index contributed by atoms with van der Waals surface area (Å²) in [6, 6.07) is 17.1. The average Bonchev–Trinajstić information content (AvgIpc) is 3.19. The second-order valence-corrected chi connectivity index (χ2v) is 5.58. The molecule has 122 valence electrons. The lowest BCUT2D eigenvalue weighted by molar-refractivity contribution is 0.0943. The summed E-state index contributed by atoms with van der Waals surface area (Å²) in [6.45, 7) is 0.327. The fourth-order valence-electron chi connectivity index (χ4n) is 2.67. The van der Waals surface area contributed by atoms with E-state index in [1.807, 2.05) is 42.5 Å². The fraction of sp³-hybridized carbons (Fsp3) is 0.0500. The van der Waals surface area contributed by atoms with Crippen molar-refractivity contribution in [1.29, 1.82) is 0 Å². The Morgan fingerprint density at radius 1 is 1.00 bits per heavy atom. The van der Waals surface area contributed by atoms with E-state index in [1.165, 1.54) is 0 Å². The van der Waals surface area contributed by atoms with Gasteiger partial charge in [-0.15, -0.1) is 0 Å². The normalized spacial score (nSPS) is 10.7. The second-order valence-electron chi connectivity index (χ2n) is 5.58. The van der Waals surface area contributed by atoms with E-state index in [-0.39, 0.29) is 5.91 Å². The number of nitrogens with one attached hydrogen (secondary N) is 1. The van der Waals surface area contributed by atoms with E-state index in [4.69, 9.17) is 4.42 Å². The van der Waals surface area contributed by atoms with Crippen molar-refractivity contribution < 1.29 is 9.21 Å². The Morgan fingerprint density at radius 3 is 2.68 bits per heavy atom. The summed E-state index contributed by atoms with van der Waals surface area (Å²) < 4.78 is 5.22. The van der Waals surface area contributed by atoms with E-state index in [2.05, 4.69) is 15.3 Å². The topological polar surface area (TPSA) is 68.0 Å². The predicted molar refractivity (Wildman–Crippen MR) is 94.9 cm³/mol. The highest BCUT2D eigenvalue weighted by Crippen LogP contribution is 2.26. The van der Waals surface area contributed by atoms with Crippen LogP contribution in [0.25, 0.3) is 22.0 Å². The van der Waals surface area contributed by atoms with Crippen LogP contribution in [0.5, 0.6) is 0 Å². The van der Waals surface area contributed by atoms with Crippen molar-refractivity contribution in [3.63, 3.8) is 0 Å². The maximum absolute atomic E-state index is 12.4. The summed E-state index contributed by atoms with van der Waals surface area (Å²) in [7, 11) is 0. The predicted octanol–water partition coefficient (Wildman–Crippen LogP) is 3.82. The lowest BCUT2D eigenvalue weighted by Gasteiger charge is -2.08. The van der Waals surface area contributed by atoms with Crippen molar-refractivity contribution in [3.8, 4) is 11.1 Å². The lowest BCUT2D eigenvalue weighted by atomic mass is 10.0. The second kappa shape index (κ2) is 6.57. The Kier molecular flexibility index (Phi) is 3.96. The molecule has 0 saturated heterocycles. The Bertz CT molecular complexity index is 1010. The largest absolute Gasteiger partial charge is 0.467 e. The standard InChI is InChI=1S/C20H15N3O2/c24-20(22-12-16-7-4-10-25-16)18-9-8-15-11-21-13-17(19(15)23-18)14-5-2-1-3-6-14/h1-11,13H,12H2,(H,22,24). The quantitative estimate of drug-likeness (QED) is 0.618. The zero-order valence-corrected chi connectivity index (χ0v) is 13.3. The summed E-state index contributed by atoms with van der Waals surface area (Å²) in [4.78, 5) is 21.3. The van der Waals surface area contributed by atoms with Gasteiger partial charge in [0.15, 0.2) is 0 Å². The van der Waals surface area contributed by atoms with E-state index in [0.717, 1.165) is 22.0 Å². The molecule has 0 atom stereocenters. The Morgan fingerprint density at radius 2 is 1.88 bits per heavy atom. The van der Waals surface area contributed by atoms with E-state index < -0.39 is 0 Å². The van der Waals surface area contributed by atoms with Gasteiger partial charge in [-0.3, -0.25) is 9.78 Å². The first kappa shape index (κ1) is 15.1. The number of hydrogen-bond donors (Lipinski definition) is 1. The number of amides is 1. The van der Waals surface area contributed by atoms with Crippen molar-refractivity contribution in [3.05, 3.63) is 84.7 Å². The molecule has 1 N–H and O–H groups in total. The van der Waals surface area contributed by atoms with Gasteiger partial charge in [0, 0.05) is 23.3 Å². The Labute approximate surface area is 144 Å².